The second-order valence-corrected chi connectivity index (χ2v) is 8.36. The van der Waals surface area contributed by atoms with Crippen molar-refractivity contribution < 1.29 is 63.6 Å². The van der Waals surface area contributed by atoms with Crippen molar-refractivity contribution in [2.75, 3.05) is 18.8 Å². The summed E-state index contributed by atoms with van der Waals surface area (Å²) >= 11 is 3.75. The summed E-state index contributed by atoms with van der Waals surface area (Å²) in [5.41, 5.74) is 5.27. The summed E-state index contributed by atoms with van der Waals surface area (Å²) in [6, 6.07) is -6.14. The number of thiol groups is 1. The fourth-order valence-corrected chi connectivity index (χ4v) is 2.95. The van der Waals surface area contributed by atoms with Gasteiger partial charge in [0, 0.05) is 12.2 Å². The quantitative estimate of drug-likeness (QED) is 0.0623. The predicted molar refractivity (Wildman–Crippen MR) is 133 cm³/mol. The molecule has 5 amide bonds. The fraction of sp³-hybridized carbons (Fsp3) is 0.550. The minimum Gasteiger partial charge on any atom is -0.481 e. The summed E-state index contributed by atoms with van der Waals surface area (Å²) in [5.74, 6) is -11.3. The number of hydrogen-bond donors (Lipinski definition) is 11. The highest BCUT2D eigenvalue weighted by Crippen LogP contribution is 1.99. The van der Waals surface area contributed by atoms with Crippen LogP contribution in [-0.2, 0) is 43.2 Å². The van der Waals surface area contributed by atoms with Crippen LogP contribution in [0.2, 0.25) is 0 Å². The molecular weight excluding hydrogens is 564 g/mol. The average Bonchev–Trinajstić information content (AvgIpc) is 2.85. The van der Waals surface area contributed by atoms with Gasteiger partial charge in [-0.2, -0.15) is 12.6 Å². The van der Waals surface area contributed by atoms with E-state index in [-0.39, 0.29) is 12.2 Å². The van der Waals surface area contributed by atoms with Gasteiger partial charge in [-0.05, 0) is 6.42 Å². The third kappa shape index (κ3) is 15.1. The molecule has 20 heteroatoms. The molecule has 0 aromatic heterocycles. The van der Waals surface area contributed by atoms with Crippen LogP contribution in [0.4, 0.5) is 0 Å². The van der Waals surface area contributed by atoms with Crippen molar-refractivity contribution in [3.63, 3.8) is 0 Å². The molecule has 0 heterocycles. The number of carbonyl (C=O) groups is 9. The Kier molecular flexibility index (Phi) is 15.9. The minimum atomic E-state index is -1.73. The van der Waals surface area contributed by atoms with Gasteiger partial charge in [0.2, 0.25) is 29.5 Å². The molecule has 0 radical (unpaired) electrons. The van der Waals surface area contributed by atoms with Gasteiger partial charge in [0.05, 0.1) is 25.9 Å². The lowest BCUT2D eigenvalue weighted by atomic mass is 10.1. The molecule has 0 saturated heterocycles. The molecule has 0 aliphatic carbocycles. The number of hydrogen-bond acceptors (Lipinski definition) is 11. The van der Waals surface area contributed by atoms with Crippen LogP contribution in [0.3, 0.4) is 0 Å². The van der Waals surface area contributed by atoms with Gasteiger partial charge in [-0.25, -0.2) is 4.79 Å². The molecule has 0 aromatic rings. The lowest BCUT2D eigenvalue weighted by Crippen LogP contribution is -2.54. The van der Waals surface area contributed by atoms with E-state index in [1.54, 1.807) is 0 Å². The SMILES string of the molecule is NC(CCC(=O)NC(CC(=O)O)C(=O)NCC(=O)NC(CC(=O)O)C(=O)NCC(=O)NC(CS)C(=O)O)C(=O)O. The molecule has 0 spiro atoms. The molecule has 0 bridgehead atoms. The summed E-state index contributed by atoms with van der Waals surface area (Å²) in [7, 11) is 0. The monoisotopic (exact) mass is 594 g/mol. The van der Waals surface area contributed by atoms with Crippen molar-refractivity contribution in [1.29, 1.82) is 0 Å². The van der Waals surface area contributed by atoms with E-state index in [9.17, 15) is 43.2 Å². The fourth-order valence-electron chi connectivity index (χ4n) is 2.70. The molecule has 4 atom stereocenters. The Morgan fingerprint density at radius 3 is 1.38 bits per heavy atom. The number of carboxylic acid groups (broad SMARTS) is 4. The molecule has 0 fully saturated rings. The molecule has 40 heavy (non-hydrogen) atoms. The Labute approximate surface area is 231 Å². The third-order valence-electron chi connectivity index (χ3n) is 4.72. The van der Waals surface area contributed by atoms with Gasteiger partial charge in [0.25, 0.3) is 0 Å². The number of nitrogens with one attached hydrogen (secondary N) is 5. The molecule has 4 unspecified atom stereocenters. The summed E-state index contributed by atoms with van der Waals surface area (Å²) in [4.78, 5) is 104. The first-order valence-electron chi connectivity index (χ1n) is 11.3. The van der Waals surface area contributed by atoms with Crippen LogP contribution in [0.5, 0.6) is 0 Å². The standard InChI is InChI=1S/C20H30N6O13S/c21-8(19(36)37)1-2-12(27)24-9(3-15(30)31)17(34)22-5-13(28)25-10(4-16(32)33)18(35)23-6-14(29)26-11(7-40)20(38)39/h8-11,40H,1-7,21H2,(H,22,34)(H,23,35)(H,24,27)(H,25,28)(H,26,29)(H,30,31)(H,32,33)(H,36,37)(H,38,39). The number of aliphatic carboxylic acids is 4. The van der Waals surface area contributed by atoms with E-state index in [2.05, 4.69) is 17.9 Å². The average molecular weight is 595 g/mol. The van der Waals surface area contributed by atoms with Gasteiger partial charge < -0.3 is 52.7 Å². The highest BCUT2D eigenvalue weighted by molar-refractivity contribution is 7.80. The molecule has 0 aliphatic heterocycles. The van der Waals surface area contributed by atoms with E-state index < -0.39 is 110 Å². The number of nitrogens with two attached hydrogens (primary N) is 1. The van der Waals surface area contributed by atoms with Gasteiger partial charge in [0.15, 0.2) is 0 Å². The molecule has 0 rings (SSSR count). The van der Waals surface area contributed by atoms with E-state index in [0.29, 0.717) is 0 Å². The summed E-state index contributed by atoms with van der Waals surface area (Å²) in [6.45, 7) is -1.66. The first kappa shape index (κ1) is 35.5. The molecule has 0 aromatic carbocycles. The molecule has 224 valence electrons. The zero-order valence-corrected chi connectivity index (χ0v) is 21.6. The number of rotatable bonds is 19. The summed E-state index contributed by atoms with van der Waals surface area (Å²) in [6.07, 6.45) is -2.62. The van der Waals surface area contributed by atoms with Gasteiger partial charge in [0.1, 0.15) is 24.2 Å². The van der Waals surface area contributed by atoms with Gasteiger partial charge in [-0.3, -0.25) is 38.4 Å². The van der Waals surface area contributed by atoms with Crippen molar-refractivity contribution in [2.24, 2.45) is 5.73 Å². The lowest BCUT2D eigenvalue weighted by molar-refractivity contribution is -0.142. The van der Waals surface area contributed by atoms with E-state index in [1.807, 2.05) is 21.3 Å². The summed E-state index contributed by atoms with van der Waals surface area (Å²) in [5, 5.41) is 45.8. The van der Waals surface area contributed by atoms with Gasteiger partial charge in [-0.15, -0.1) is 0 Å². The maximum atomic E-state index is 12.3. The first-order chi connectivity index (χ1) is 18.6. The molecule has 0 saturated carbocycles. The Morgan fingerprint density at radius 1 is 0.625 bits per heavy atom. The Bertz CT molecular complexity index is 1010. The van der Waals surface area contributed by atoms with Crippen LogP contribution in [-0.4, -0.2) is 117 Å². The van der Waals surface area contributed by atoms with E-state index >= 15 is 0 Å². The van der Waals surface area contributed by atoms with E-state index in [1.165, 1.54) is 0 Å². The highest BCUT2D eigenvalue weighted by atomic mass is 32.1. The maximum absolute atomic E-state index is 12.3. The zero-order chi connectivity index (χ0) is 31.0. The molecular formula is C20H30N6O13S. The van der Waals surface area contributed by atoms with Crippen LogP contribution in [0.15, 0.2) is 0 Å². The molecule has 0 aliphatic rings. The van der Waals surface area contributed by atoms with Crippen molar-refractivity contribution in [3.05, 3.63) is 0 Å². The number of carboxylic acids is 4. The second kappa shape index (κ2) is 17.9. The van der Waals surface area contributed by atoms with Crippen LogP contribution in [0, 0.1) is 0 Å². The Hall–Kier alpha value is -4.46. The van der Waals surface area contributed by atoms with Crippen LogP contribution >= 0.6 is 12.6 Å². The summed E-state index contributed by atoms with van der Waals surface area (Å²) < 4.78 is 0. The number of amides is 5. The van der Waals surface area contributed by atoms with Crippen molar-refractivity contribution in [2.45, 2.75) is 49.9 Å². The lowest BCUT2D eigenvalue weighted by Gasteiger charge is -2.19. The van der Waals surface area contributed by atoms with Crippen molar-refractivity contribution in [1.82, 2.24) is 26.6 Å². The van der Waals surface area contributed by atoms with Crippen molar-refractivity contribution in [3.8, 4) is 0 Å². The smallest absolute Gasteiger partial charge is 0.327 e. The number of carbonyl (C=O) groups excluding carboxylic acids is 5. The predicted octanol–water partition coefficient (Wildman–Crippen LogP) is -5.17. The minimum absolute atomic E-state index is 0.256. The molecule has 11 N–H and O–H groups in total. The van der Waals surface area contributed by atoms with E-state index in [4.69, 9.17) is 26.2 Å². The largest absolute Gasteiger partial charge is 0.481 e. The maximum Gasteiger partial charge on any atom is 0.327 e. The third-order valence-corrected chi connectivity index (χ3v) is 5.09. The van der Waals surface area contributed by atoms with Crippen LogP contribution in [0.25, 0.3) is 0 Å². The Balaban J connectivity index is 5.06. The normalized spacial score (nSPS) is 13.3. The zero-order valence-electron chi connectivity index (χ0n) is 20.7. The first-order valence-corrected chi connectivity index (χ1v) is 11.9. The highest BCUT2D eigenvalue weighted by Gasteiger charge is 2.27. The Morgan fingerprint density at radius 2 is 1.02 bits per heavy atom. The van der Waals surface area contributed by atoms with Crippen molar-refractivity contribution >= 4 is 66.0 Å². The topological polar surface area (TPSA) is 321 Å². The second-order valence-electron chi connectivity index (χ2n) is 8.00. The van der Waals surface area contributed by atoms with Crippen LogP contribution < -0.4 is 32.3 Å². The van der Waals surface area contributed by atoms with E-state index in [0.717, 1.165) is 0 Å². The van der Waals surface area contributed by atoms with Gasteiger partial charge >= 0.3 is 23.9 Å². The molecule has 19 nitrogen and oxygen atoms in total. The van der Waals surface area contributed by atoms with Gasteiger partial charge in [-0.1, -0.05) is 0 Å². The van der Waals surface area contributed by atoms with Crippen LogP contribution in [0.1, 0.15) is 25.7 Å².